The Labute approximate surface area is 112 Å². The summed E-state index contributed by atoms with van der Waals surface area (Å²) in [6.07, 6.45) is 0.629. The summed E-state index contributed by atoms with van der Waals surface area (Å²) in [4.78, 5) is 4.28. The minimum absolute atomic E-state index is 0.451. The standard InChI is InChI=1S/C11H12IN3O2/c1-16-5-4-10-14-11(17-15-10)8-6-7(12)2-3-9(8)13/h2-3,6H,4-5,13H2,1H3. The number of anilines is 1. The Kier molecular flexibility index (Phi) is 3.95. The third-order valence-electron chi connectivity index (χ3n) is 2.24. The van der Waals surface area contributed by atoms with E-state index < -0.39 is 0 Å². The number of rotatable bonds is 4. The second-order valence-corrected chi connectivity index (χ2v) is 4.74. The highest BCUT2D eigenvalue weighted by Crippen LogP contribution is 2.26. The van der Waals surface area contributed by atoms with E-state index >= 15 is 0 Å². The number of methoxy groups -OCH3 is 1. The lowest BCUT2D eigenvalue weighted by atomic mass is 10.2. The molecule has 17 heavy (non-hydrogen) atoms. The van der Waals surface area contributed by atoms with Crippen molar-refractivity contribution in [2.24, 2.45) is 0 Å². The van der Waals surface area contributed by atoms with Crippen LogP contribution >= 0.6 is 22.6 Å². The number of nitrogen functional groups attached to an aromatic ring is 1. The maximum Gasteiger partial charge on any atom is 0.260 e. The molecule has 1 aromatic heterocycles. The molecule has 2 rings (SSSR count). The van der Waals surface area contributed by atoms with Gasteiger partial charge in [-0.3, -0.25) is 0 Å². The van der Waals surface area contributed by atoms with Crippen molar-refractivity contribution in [1.82, 2.24) is 10.1 Å². The van der Waals surface area contributed by atoms with Crippen LogP contribution in [0.4, 0.5) is 5.69 Å². The zero-order chi connectivity index (χ0) is 12.3. The Morgan fingerprint density at radius 3 is 3.06 bits per heavy atom. The van der Waals surface area contributed by atoms with Gasteiger partial charge in [0.15, 0.2) is 5.82 Å². The van der Waals surface area contributed by atoms with Crippen LogP contribution in [0.5, 0.6) is 0 Å². The predicted octanol–water partition coefficient (Wildman–Crippen LogP) is 2.11. The van der Waals surface area contributed by atoms with Crippen LogP contribution in [0.3, 0.4) is 0 Å². The van der Waals surface area contributed by atoms with Crippen molar-refractivity contribution in [2.75, 3.05) is 19.5 Å². The largest absolute Gasteiger partial charge is 0.398 e. The van der Waals surface area contributed by atoms with Gasteiger partial charge in [-0.1, -0.05) is 5.16 Å². The van der Waals surface area contributed by atoms with Gasteiger partial charge in [-0.05, 0) is 40.8 Å². The summed E-state index contributed by atoms with van der Waals surface area (Å²) in [5, 5.41) is 3.88. The van der Waals surface area contributed by atoms with E-state index in [1.54, 1.807) is 7.11 Å². The molecule has 0 saturated carbocycles. The van der Waals surface area contributed by atoms with Crippen molar-refractivity contribution in [1.29, 1.82) is 0 Å². The van der Waals surface area contributed by atoms with Gasteiger partial charge in [-0.15, -0.1) is 0 Å². The van der Waals surface area contributed by atoms with Crippen LogP contribution in [0.15, 0.2) is 22.7 Å². The molecule has 5 nitrogen and oxygen atoms in total. The van der Waals surface area contributed by atoms with Gasteiger partial charge in [0.05, 0.1) is 12.2 Å². The van der Waals surface area contributed by atoms with E-state index in [4.69, 9.17) is 15.0 Å². The van der Waals surface area contributed by atoms with Gasteiger partial charge in [0.25, 0.3) is 5.89 Å². The third-order valence-corrected chi connectivity index (χ3v) is 2.91. The van der Waals surface area contributed by atoms with Crippen LogP contribution in [-0.2, 0) is 11.2 Å². The first-order valence-corrected chi connectivity index (χ1v) is 6.15. The molecule has 0 amide bonds. The molecule has 2 aromatic rings. The highest BCUT2D eigenvalue weighted by Gasteiger charge is 2.11. The number of hydrogen-bond donors (Lipinski definition) is 1. The van der Waals surface area contributed by atoms with Gasteiger partial charge in [-0.2, -0.15) is 4.98 Å². The van der Waals surface area contributed by atoms with Gasteiger partial charge < -0.3 is 15.0 Å². The number of nitrogens with zero attached hydrogens (tertiary/aromatic N) is 2. The second-order valence-electron chi connectivity index (χ2n) is 3.49. The fourth-order valence-corrected chi connectivity index (χ4v) is 1.86. The van der Waals surface area contributed by atoms with Crippen LogP contribution in [0, 0.1) is 3.57 Å². The molecule has 0 atom stereocenters. The Balaban J connectivity index is 2.27. The molecule has 0 radical (unpaired) electrons. The number of benzene rings is 1. The van der Waals surface area contributed by atoms with Crippen molar-refractivity contribution in [3.05, 3.63) is 27.6 Å². The van der Waals surface area contributed by atoms with E-state index in [1.165, 1.54) is 0 Å². The molecule has 0 aliphatic rings. The average Bonchev–Trinajstić information content (AvgIpc) is 2.78. The minimum atomic E-state index is 0.451. The lowest BCUT2D eigenvalue weighted by Gasteiger charge is -2.00. The Morgan fingerprint density at radius 1 is 1.47 bits per heavy atom. The third kappa shape index (κ3) is 2.95. The maximum atomic E-state index is 5.88. The van der Waals surface area contributed by atoms with Gasteiger partial charge >= 0.3 is 0 Å². The molecular formula is C11H12IN3O2. The predicted molar refractivity (Wildman–Crippen MR) is 72.4 cm³/mol. The lowest BCUT2D eigenvalue weighted by Crippen LogP contribution is -1.96. The molecule has 0 saturated heterocycles. The number of hydrogen-bond acceptors (Lipinski definition) is 5. The van der Waals surface area contributed by atoms with Crippen LogP contribution in [0.25, 0.3) is 11.5 Å². The summed E-state index contributed by atoms with van der Waals surface area (Å²) in [6.45, 7) is 0.570. The van der Waals surface area contributed by atoms with Gasteiger partial charge in [0, 0.05) is 22.8 Å². The van der Waals surface area contributed by atoms with E-state index in [2.05, 4.69) is 32.7 Å². The zero-order valence-corrected chi connectivity index (χ0v) is 11.5. The number of ether oxygens (including phenoxy) is 1. The molecule has 0 fully saturated rings. The van der Waals surface area contributed by atoms with Gasteiger partial charge in [-0.25, -0.2) is 0 Å². The van der Waals surface area contributed by atoms with Crippen molar-refractivity contribution >= 4 is 28.3 Å². The van der Waals surface area contributed by atoms with E-state index in [1.807, 2.05) is 18.2 Å². The van der Waals surface area contributed by atoms with E-state index in [0.29, 0.717) is 30.4 Å². The fourth-order valence-electron chi connectivity index (χ4n) is 1.37. The maximum absolute atomic E-state index is 5.88. The molecular weight excluding hydrogens is 333 g/mol. The molecule has 0 aliphatic carbocycles. The van der Waals surface area contributed by atoms with Crippen molar-refractivity contribution in [2.45, 2.75) is 6.42 Å². The van der Waals surface area contributed by atoms with Crippen LogP contribution in [0.1, 0.15) is 5.82 Å². The summed E-state index contributed by atoms with van der Waals surface area (Å²) < 4.78 is 11.2. The summed E-state index contributed by atoms with van der Waals surface area (Å²) in [5.74, 6) is 1.08. The Bertz CT molecular complexity index is 513. The molecule has 6 heteroatoms. The lowest BCUT2D eigenvalue weighted by molar-refractivity contribution is 0.199. The van der Waals surface area contributed by atoms with Crippen molar-refractivity contribution < 1.29 is 9.26 Å². The molecule has 90 valence electrons. The number of halogens is 1. The first kappa shape index (κ1) is 12.3. The first-order chi connectivity index (χ1) is 8.20. The number of aromatic nitrogens is 2. The van der Waals surface area contributed by atoms with Gasteiger partial charge in [0.2, 0.25) is 0 Å². The Morgan fingerprint density at radius 2 is 2.29 bits per heavy atom. The minimum Gasteiger partial charge on any atom is -0.398 e. The summed E-state index contributed by atoms with van der Waals surface area (Å²) in [5.41, 5.74) is 7.28. The quantitative estimate of drug-likeness (QED) is 0.679. The molecule has 0 aliphatic heterocycles. The summed E-state index contributed by atoms with van der Waals surface area (Å²) in [7, 11) is 1.64. The summed E-state index contributed by atoms with van der Waals surface area (Å²) in [6, 6.07) is 5.68. The first-order valence-electron chi connectivity index (χ1n) is 5.07. The second kappa shape index (κ2) is 5.46. The topological polar surface area (TPSA) is 74.2 Å². The summed E-state index contributed by atoms with van der Waals surface area (Å²) >= 11 is 2.21. The zero-order valence-electron chi connectivity index (χ0n) is 9.31. The van der Waals surface area contributed by atoms with E-state index in [-0.39, 0.29) is 0 Å². The average molecular weight is 345 g/mol. The molecule has 0 unspecified atom stereocenters. The highest BCUT2D eigenvalue weighted by atomic mass is 127. The van der Waals surface area contributed by atoms with Crippen LogP contribution in [0.2, 0.25) is 0 Å². The van der Waals surface area contributed by atoms with Crippen molar-refractivity contribution in [3.8, 4) is 11.5 Å². The van der Waals surface area contributed by atoms with E-state index in [9.17, 15) is 0 Å². The number of nitrogens with two attached hydrogens (primary N) is 1. The molecule has 0 bridgehead atoms. The Hall–Kier alpha value is -1.15. The fraction of sp³-hybridized carbons (Fsp3) is 0.273. The molecule has 1 aromatic carbocycles. The molecule has 2 N–H and O–H groups in total. The SMILES string of the molecule is COCCc1noc(-c2cc(I)ccc2N)n1. The van der Waals surface area contributed by atoms with Gasteiger partial charge in [0.1, 0.15) is 0 Å². The molecule has 1 heterocycles. The smallest absolute Gasteiger partial charge is 0.260 e. The van der Waals surface area contributed by atoms with Crippen LogP contribution in [-0.4, -0.2) is 23.9 Å². The molecule has 0 spiro atoms. The highest BCUT2D eigenvalue weighted by molar-refractivity contribution is 14.1. The van der Waals surface area contributed by atoms with Crippen molar-refractivity contribution in [3.63, 3.8) is 0 Å². The van der Waals surface area contributed by atoms with E-state index in [0.717, 1.165) is 9.13 Å². The normalized spacial score (nSPS) is 10.7. The van der Waals surface area contributed by atoms with Crippen LogP contribution < -0.4 is 5.73 Å². The monoisotopic (exact) mass is 345 g/mol.